The van der Waals surface area contributed by atoms with E-state index in [9.17, 15) is 0 Å². The standard InChI is InChI=1S/C55H40N2/c1-55(2)50-25-15-14-24-46(50)47-32-30-44(36-51(47)55)56(41-21-10-5-11-22-41)43-31-33-52-49(35-43)53-48(39-18-8-4-9-19-39)34-40-20-12-13-23-45(40)54(53)57(52)42-28-26-38(27-29-42)37-16-6-3-7-17-37/h3-36H,1-2H3. The molecular formula is C55H40N2. The highest BCUT2D eigenvalue weighted by Gasteiger charge is 2.35. The van der Waals surface area contributed by atoms with E-state index in [1.807, 2.05) is 0 Å². The van der Waals surface area contributed by atoms with E-state index < -0.39 is 0 Å². The number of hydrogen-bond donors (Lipinski definition) is 0. The summed E-state index contributed by atoms with van der Waals surface area (Å²) in [6.45, 7) is 4.72. The monoisotopic (exact) mass is 728 g/mol. The lowest BCUT2D eigenvalue weighted by atomic mass is 9.82. The zero-order chi connectivity index (χ0) is 38.1. The van der Waals surface area contributed by atoms with Gasteiger partial charge in [-0.15, -0.1) is 0 Å². The minimum atomic E-state index is -0.108. The van der Waals surface area contributed by atoms with Crippen LogP contribution < -0.4 is 4.90 Å². The highest BCUT2D eigenvalue weighted by atomic mass is 15.1. The normalized spacial score (nSPS) is 12.9. The van der Waals surface area contributed by atoms with Gasteiger partial charge in [-0.2, -0.15) is 0 Å². The van der Waals surface area contributed by atoms with Gasteiger partial charge in [0, 0.05) is 44.3 Å². The minimum Gasteiger partial charge on any atom is -0.310 e. The van der Waals surface area contributed by atoms with Crippen molar-refractivity contribution in [3.8, 4) is 39.1 Å². The highest BCUT2D eigenvalue weighted by molar-refractivity contribution is 6.24. The molecule has 1 aliphatic carbocycles. The molecule has 2 nitrogen and oxygen atoms in total. The Morgan fingerprint density at radius 1 is 0.404 bits per heavy atom. The van der Waals surface area contributed by atoms with Crippen molar-refractivity contribution in [2.45, 2.75) is 19.3 Å². The van der Waals surface area contributed by atoms with Crippen molar-refractivity contribution in [1.82, 2.24) is 4.57 Å². The average Bonchev–Trinajstić information content (AvgIpc) is 3.73. The second kappa shape index (κ2) is 13.0. The summed E-state index contributed by atoms with van der Waals surface area (Å²) >= 11 is 0. The number of aromatic nitrogens is 1. The lowest BCUT2D eigenvalue weighted by Crippen LogP contribution is -2.16. The summed E-state index contributed by atoms with van der Waals surface area (Å²) in [5.74, 6) is 0. The lowest BCUT2D eigenvalue weighted by Gasteiger charge is -2.28. The predicted molar refractivity (Wildman–Crippen MR) is 241 cm³/mol. The number of para-hydroxylation sites is 1. The van der Waals surface area contributed by atoms with Gasteiger partial charge in [-0.1, -0.05) is 159 Å². The molecule has 1 aliphatic rings. The highest BCUT2D eigenvalue weighted by Crippen LogP contribution is 2.51. The number of nitrogens with zero attached hydrogens (tertiary/aromatic N) is 2. The van der Waals surface area contributed by atoms with E-state index in [1.165, 1.54) is 77.1 Å². The fourth-order valence-corrected chi connectivity index (χ4v) is 9.41. The molecule has 1 heterocycles. The molecule has 2 heteroatoms. The molecule has 0 aliphatic heterocycles. The Labute approximate surface area is 333 Å². The molecule has 0 atom stereocenters. The van der Waals surface area contributed by atoms with Gasteiger partial charge in [0.2, 0.25) is 0 Å². The van der Waals surface area contributed by atoms with E-state index in [2.05, 4.69) is 230 Å². The fraction of sp³-hybridized carbons (Fsp3) is 0.0545. The lowest BCUT2D eigenvalue weighted by molar-refractivity contribution is 0.660. The van der Waals surface area contributed by atoms with Crippen molar-refractivity contribution in [3.05, 3.63) is 217 Å². The largest absolute Gasteiger partial charge is 0.310 e. The Morgan fingerprint density at radius 2 is 1.00 bits per heavy atom. The van der Waals surface area contributed by atoms with Gasteiger partial charge in [0.05, 0.1) is 11.0 Å². The van der Waals surface area contributed by atoms with Crippen molar-refractivity contribution in [1.29, 1.82) is 0 Å². The van der Waals surface area contributed by atoms with Gasteiger partial charge in [0.15, 0.2) is 0 Å². The molecule has 0 amide bonds. The number of hydrogen-bond acceptors (Lipinski definition) is 1. The van der Waals surface area contributed by atoms with Crippen LogP contribution in [0.25, 0.3) is 71.6 Å². The topological polar surface area (TPSA) is 8.17 Å². The Hall–Kier alpha value is -7.16. The quantitative estimate of drug-likeness (QED) is 0.165. The maximum atomic E-state index is 2.49. The first-order valence-electron chi connectivity index (χ1n) is 19.9. The van der Waals surface area contributed by atoms with Gasteiger partial charge in [0.1, 0.15) is 0 Å². The van der Waals surface area contributed by atoms with Crippen molar-refractivity contribution in [2.24, 2.45) is 0 Å². The van der Waals surface area contributed by atoms with Gasteiger partial charge in [-0.05, 0) is 111 Å². The van der Waals surface area contributed by atoms with Gasteiger partial charge in [0.25, 0.3) is 0 Å². The number of anilines is 3. The SMILES string of the molecule is CC1(C)c2ccccc2-c2ccc(N(c3ccccc3)c3ccc4c(c3)c3c(-c5ccccc5)cc5ccccc5c3n4-c3ccc(-c4ccccc4)cc3)cc21. The van der Waals surface area contributed by atoms with E-state index in [0.29, 0.717) is 0 Å². The van der Waals surface area contributed by atoms with Crippen molar-refractivity contribution in [3.63, 3.8) is 0 Å². The Balaban J connectivity index is 1.19. The van der Waals surface area contributed by atoms with Gasteiger partial charge in [-0.25, -0.2) is 0 Å². The second-order valence-corrected chi connectivity index (χ2v) is 15.8. The molecule has 0 saturated carbocycles. The molecule has 0 unspecified atom stereocenters. The molecule has 1 aromatic heterocycles. The Bertz CT molecular complexity index is 3120. The summed E-state index contributed by atoms with van der Waals surface area (Å²) in [7, 11) is 0. The van der Waals surface area contributed by atoms with Crippen molar-refractivity contribution < 1.29 is 0 Å². The molecule has 270 valence electrons. The maximum absolute atomic E-state index is 2.49. The molecular weight excluding hydrogens is 689 g/mol. The van der Waals surface area contributed by atoms with E-state index in [4.69, 9.17) is 0 Å². The first-order valence-corrected chi connectivity index (χ1v) is 19.9. The molecule has 11 rings (SSSR count). The Morgan fingerprint density at radius 3 is 1.77 bits per heavy atom. The van der Waals surface area contributed by atoms with Crippen LogP contribution in [0.2, 0.25) is 0 Å². The van der Waals surface area contributed by atoms with Gasteiger partial charge in [-0.3, -0.25) is 0 Å². The second-order valence-electron chi connectivity index (χ2n) is 15.8. The van der Waals surface area contributed by atoms with E-state index in [1.54, 1.807) is 0 Å². The van der Waals surface area contributed by atoms with Crippen LogP contribution in [0.3, 0.4) is 0 Å². The molecule has 0 spiro atoms. The van der Waals surface area contributed by atoms with Crippen molar-refractivity contribution >= 4 is 49.6 Å². The first kappa shape index (κ1) is 33.2. The molecule has 0 fully saturated rings. The molecule has 10 aromatic rings. The smallest absolute Gasteiger partial charge is 0.0625 e. The third-order valence-electron chi connectivity index (χ3n) is 12.2. The maximum Gasteiger partial charge on any atom is 0.0625 e. The first-order chi connectivity index (χ1) is 28.0. The summed E-state index contributed by atoms with van der Waals surface area (Å²) < 4.78 is 2.49. The van der Waals surface area contributed by atoms with Gasteiger partial charge >= 0.3 is 0 Å². The molecule has 57 heavy (non-hydrogen) atoms. The minimum absolute atomic E-state index is 0.108. The van der Waals surface area contributed by atoms with Crippen LogP contribution in [0, 0.1) is 0 Å². The molecule has 0 saturated heterocycles. The van der Waals surface area contributed by atoms with Crippen LogP contribution in [0.5, 0.6) is 0 Å². The number of rotatable bonds is 6. The van der Waals surface area contributed by atoms with Crippen LogP contribution in [-0.4, -0.2) is 4.57 Å². The number of benzene rings is 9. The summed E-state index contributed by atoms with van der Waals surface area (Å²) in [6, 6.07) is 75.6. The van der Waals surface area contributed by atoms with E-state index in [0.717, 1.165) is 22.7 Å². The van der Waals surface area contributed by atoms with Crippen LogP contribution in [0.1, 0.15) is 25.0 Å². The third kappa shape index (κ3) is 5.25. The van der Waals surface area contributed by atoms with E-state index >= 15 is 0 Å². The summed E-state index contributed by atoms with van der Waals surface area (Å²) in [5, 5.41) is 4.93. The third-order valence-corrected chi connectivity index (χ3v) is 12.2. The van der Waals surface area contributed by atoms with Crippen LogP contribution in [0.4, 0.5) is 17.1 Å². The number of fused-ring (bicyclic) bond motifs is 8. The fourth-order valence-electron chi connectivity index (χ4n) is 9.41. The van der Waals surface area contributed by atoms with E-state index in [-0.39, 0.29) is 5.41 Å². The summed E-state index contributed by atoms with van der Waals surface area (Å²) in [6.07, 6.45) is 0. The molecule has 0 radical (unpaired) electrons. The molecule has 0 bridgehead atoms. The zero-order valence-electron chi connectivity index (χ0n) is 32.0. The van der Waals surface area contributed by atoms with Gasteiger partial charge < -0.3 is 9.47 Å². The van der Waals surface area contributed by atoms with Crippen LogP contribution >= 0.6 is 0 Å². The van der Waals surface area contributed by atoms with Crippen LogP contribution in [0.15, 0.2) is 206 Å². The summed E-state index contributed by atoms with van der Waals surface area (Å²) in [4.78, 5) is 2.43. The van der Waals surface area contributed by atoms with Crippen molar-refractivity contribution in [2.75, 3.05) is 4.90 Å². The summed E-state index contributed by atoms with van der Waals surface area (Å²) in [5.41, 5.74) is 17.1. The molecule has 9 aromatic carbocycles. The Kier molecular flexibility index (Phi) is 7.55. The average molecular weight is 729 g/mol. The zero-order valence-corrected chi connectivity index (χ0v) is 32.0. The van der Waals surface area contributed by atoms with Crippen LogP contribution in [-0.2, 0) is 5.41 Å². The molecule has 0 N–H and O–H groups in total. The predicted octanol–water partition coefficient (Wildman–Crippen LogP) is 15.0.